The van der Waals surface area contributed by atoms with Gasteiger partial charge in [0.2, 0.25) is 0 Å². The van der Waals surface area contributed by atoms with Crippen LogP contribution in [0.3, 0.4) is 0 Å². The van der Waals surface area contributed by atoms with Crippen molar-refractivity contribution in [2.75, 3.05) is 6.54 Å². The van der Waals surface area contributed by atoms with Crippen LogP contribution in [0.1, 0.15) is 18.5 Å². The summed E-state index contributed by atoms with van der Waals surface area (Å²) in [5.41, 5.74) is 7.03. The Morgan fingerprint density at radius 3 is 2.83 bits per heavy atom. The number of nitrogens with two attached hydrogens (primary N) is 1. The molecule has 4 heteroatoms. The number of rotatable bonds is 4. The van der Waals surface area contributed by atoms with Crippen LogP contribution in [-0.2, 0) is 13.5 Å². The Kier molecular flexibility index (Phi) is 2.64. The molecular formula is C14H19N3O. The third kappa shape index (κ3) is 1.82. The zero-order valence-corrected chi connectivity index (χ0v) is 10.6. The second-order valence-corrected chi connectivity index (χ2v) is 5.35. The van der Waals surface area contributed by atoms with E-state index in [1.807, 2.05) is 29.9 Å². The normalized spacial score (nSPS) is 19.1. The molecule has 0 aliphatic heterocycles. The number of aliphatic hydroxyl groups is 1. The fourth-order valence-electron chi connectivity index (χ4n) is 2.71. The second kappa shape index (κ2) is 4.07. The van der Waals surface area contributed by atoms with Gasteiger partial charge in [0.05, 0.1) is 16.8 Å². The van der Waals surface area contributed by atoms with Gasteiger partial charge in [0.15, 0.2) is 0 Å². The fraction of sp³-hybridized carbons (Fsp3) is 0.500. The number of benzene rings is 1. The SMILES string of the molecule is Cn1nc(CC(O)(CN)C2CC2)c2ccccc21. The first-order valence-corrected chi connectivity index (χ1v) is 6.47. The van der Waals surface area contributed by atoms with Crippen molar-refractivity contribution in [3.8, 4) is 0 Å². The largest absolute Gasteiger partial charge is 0.388 e. The van der Waals surface area contributed by atoms with Gasteiger partial charge in [-0.2, -0.15) is 5.10 Å². The molecule has 1 unspecified atom stereocenters. The zero-order chi connectivity index (χ0) is 12.8. The lowest BCUT2D eigenvalue weighted by atomic mass is 9.91. The minimum absolute atomic E-state index is 0.308. The molecule has 1 fully saturated rings. The zero-order valence-electron chi connectivity index (χ0n) is 10.6. The Morgan fingerprint density at radius 2 is 2.17 bits per heavy atom. The summed E-state index contributed by atoms with van der Waals surface area (Å²) in [4.78, 5) is 0. The van der Waals surface area contributed by atoms with E-state index in [4.69, 9.17) is 5.73 Å². The van der Waals surface area contributed by atoms with Gasteiger partial charge in [0.1, 0.15) is 0 Å². The highest BCUT2D eigenvalue weighted by Crippen LogP contribution is 2.41. The number of aryl methyl sites for hydroxylation is 1. The standard InChI is InChI=1S/C14H19N3O/c1-17-13-5-3-2-4-11(13)12(16-17)8-14(18,9-15)10-6-7-10/h2-5,10,18H,6-9,15H2,1H3. The van der Waals surface area contributed by atoms with Crippen LogP contribution in [0.15, 0.2) is 24.3 Å². The van der Waals surface area contributed by atoms with Gasteiger partial charge in [0, 0.05) is 25.4 Å². The van der Waals surface area contributed by atoms with Crippen LogP contribution in [0.4, 0.5) is 0 Å². The van der Waals surface area contributed by atoms with Gasteiger partial charge in [-0.1, -0.05) is 18.2 Å². The third-order valence-electron chi connectivity index (χ3n) is 4.00. The molecule has 0 saturated heterocycles. The Balaban J connectivity index is 1.99. The minimum Gasteiger partial charge on any atom is -0.388 e. The Hall–Kier alpha value is -1.39. The summed E-state index contributed by atoms with van der Waals surface area (Å²) in [6.07, 6.45) is 2.71. The van der Waals surface area contributed by atoms with Gasteiger partial charge >= 0.3 is 0 Å². The molecule has 0 spiro atoms. The molecule has 2 aromatic rings. The molecular weight excluding hydrogens is 226 g/mol. The molecule has 1 saturated carbocycles. The number of para-hydroxylation sites is 1. The molecule has 3 rings (SSSR count). The maximum absolute atomic E-state index is 10.6. The molecule has 1 atom stereocenters. The number of nitrogens with zero attached hydrogens (tertiary/aromatic N) is 2. The van der Waals surface area contributed by atoms with E-state index in [1.54, 1.807) is 0 Å². The van der Waals surface area contributed by atoms with Crippen LogP contribution in [0, 0.1) is 5.92 Å². The molecule has 0 bridgehead atoms. The van der Waals surface area contributed by atoms with E-state index in [0.717, 1.165) is 29.4 Å². The number of hydrogen-bond acceptors (Lipinski definition) is 3. The highest BCUT2D eigenvalue weighted by Gasteiger charge is 2.43. The summed E-state index contributed by atoms with van der Waals surface area (Å²) in [7, 11) is 1.93. The van der Waals surface area contributed by atoms with Gasteiger partial charge in [-0.3, -0.25) is 4.68 Å². The van der Waals surface area contributed by atoms with Gasteiger partial charge in [-0.15, -0.1) is 0 Å². The van der Waals surface area contributed by atoms with Crippen LogP contribution in [0.25, 0.3) is 10.9 Å². The van der Waals surface area contributed by atoms with Gasteiger partial charge < -0.3 is 10.8 Å². The van der Waals surface area contributed by atoms with E-state index < -0.39 is 5.60 Å². The monoisotopic (exact) mass is 245 g/mol. The average Bonchev–Trinajstić information content (AvgIpc) is 3.18. The lowest BCUT2D eigenvalue weighted by Crippen LogP contribution is -2.42. The van der Waals surface area contributed by atoms with Crippen molar-refractivity contribution in [2.24, 2.45) is 18.7 Å². The summed E-state index contributed by atoms with van der Waals surface area (Å²) in [5.74, 6) is 0.350. The average molecular weight is 245 g/mol. The van der Waals surface area contributed by atoms with E-state index in [-0.39, 0.29) is 0 Å². The molecule has 1 aromatic carbocycles. The summed E-state index contributed by atoms with van der Waals surface area (Å²) in [5, 5.41) is 16.3. The van der Waals surface area contributed by atoms with Crippen molar-refractivity contribution >= 4 is 10.9 Å². The topological polar surface area (TPSA) is 64.1 Å². The van der Waals surface area contributed by atoms with Crippen LogP contribution >= 0.6 is 0 Å². The molecule has 1 aliphatic carbocycles. The summed E-state index contributed by atoms with van der Waals surface area (Å²) < 4.78 is 1.87. The smallest absolute Gasteiger partial charge is 0.0853 e. The highest BCUT2D eigenvalue weighted by atomic mass is 16.3. The maximum Gasteiger partial charge on any atom is 0.0853 e. The molecule has 96 valence electrons. The van der Waals surface area contributed by atoms with Crippen molar-refractivity contribution in [3.63, 3.8) is 0 Å². The van der Waals surface area contributed by atoms with Crippen LogP contribution in [0.5, 0.6) is 0 Å². The minimum atomic E-state index is -0.781. The predicted octanol–water partition coefficient (Wildman–Crippen LogP) is 1.22. The maximum atomic E-state index is 10.6. The quantitative estimate of drug-likeness (QED) is 0.851. The molecule has 0 amide bonds. The van der Waals surface area contributed by atoms with Crippen LogP contribution in [0.2, 0.25) is 0 Å². The molecule has 3 N–H and O–H groups in total. The molecule has 0 radical (unpaired) electrons. The van der Waals surface area contributed by atoms with Gasteiger partial charge in [0.25, 0.3) is 0 Å². The number of fused-ring (bicyclic) bond motifs is 1. The van der Waals surface area contributed by atoms with Crippen molar-refractivity contribution in [1.29, 1.82) is 0 Å². The first-order chi connectivity index (χ1) is 8.64. The first-order valence-electron chi connectivity index (χ1n) is 6.47. The molecule has 1 aliphatic rings. The van der Waals surface area contributed by atoms with Crippen molar-refractivity contribution < 1.29 is 5.11 Å². The molecule has 1 heterocycles. The highest BCUT2D eigenvalue weighted by molar-refractivity contribution is 5.81. The Labute approximate surface area is 106 Å². The number of aromatic nitrogens is 2. The Morgan fingerprint density at radius 1 is 1.44 bits per heavy atom. The predicted molar refractivity (Wildman–Crippen MR) is 71.1 cm³/mol. The fourth-order valence-corrected chi connectivity index (χ4v) is 2.71. The number of hydrogen-bond donors (Lipinski definition) is 2. The van der Waals surface area contributed by atoms with Crippen LogP contribution < -0.4 is 5.73 Å². The Bertz CT molecular complexity index is 573. The summed E-state index contributed by atoms with van der Waals surface area (Å²) in [6, 6.07) is 8.11. The second-order valence-electron chi connectivity index (χ2n) is 5.35. The van der Waals surface area contributed by atoms with Gasteiger partial charge in [-0.25, -0.2) is 0 Å². The van der Waals surface area contributed by atoms with Gasteiger partial charge in [-0.05, 0) is 24.8 Å². The molecule has 4 nitrogen and oxygen atoms in total. The lowest BCUT2D eigenvalue weighted by Gasteiger charge is -2.25. The van der Waals surface area contributed by atoms with E-state index >= 15 is 0 Å². The van der Waals surface area contributed by atoms with E-state index in [1.165, 1.54) is 0 Å². The van der Waals surface area contributed by atoms with Crippen molar-refractivity contribution in [2.45, 2.75) is 24.9 Å². The molecule has 1 aromatic heterocycles. The molecule has 18 heavy (non-hydrogen) atoms. The van der Waals surface area contributed by atoms with Crippen molar-refractivity contribution in [3.05, 3.63) is 30.0 Å². The van der Waals surface area contributed by atoms with E-state index in [2.05, 4.69) is 11.2 Å². The lowest BCUT2D eigenvalue weighted by molar-refractivity contribution is 0.0260. The summed E-state index contributed by atoms with van der Waals surface area (Å²) >= 11 is 0. The third-order valence-corrected chi connectivity index (χ3v) is 4.00. The van der Waals surface area contributed by atoms with E-state index in [9.17, 15) is 5.11 Å². The first kappa shape index (κ1) is 11.7. The van der Waals surface area contributed by atoms with Crippen molar-refractivity contribution in [1.82, 2.24) is 9.78 Å². The van der Waals surface area contributed by atoms with E-state index in [0.29, 0.717) is 18.9 Å². The summed E-state index contributed by atoms with van der Waals surface area (Å²) in [6.45, 7) is 0.308. The van der Waals surface area contributed by atoms with Crippen LogP contribution in [-0.4, -0.2) is 27.0 Å².